The normalized spacial score (nSPS) is 26.3. The zero-order valence-electron chi connectivity index (χ0n) is 12.3. The van der Waals surface area contributed by atoms with Crippen LogP contribution in [-0.4, -0.2) is 24.8 Å². The lowest BCUT2D eigenvalue weighted by atomic mass is 9.74. The van der Waals surface area contributed by atoms with Crippen LogP contribution in [0.3, 0.4) is 0 Å². The van der Waals surface area contributed by atoms with Crippen molar-refractivity contribution >= 4 is 0 Å². The fraction of sp³-hybridized carbons (Fsp3) is 1.00. The van der Waals surface area contributed by atoms with Gasteiger partial charge in [-0.15, -0.1) is 0 Å². The third kappa shape index (κ3) is 3.08. The van der Waals surface area contributed by atoms with Crippen molar-refractivity contribution in [1.82, 2.24) is 5.32 Å². The number of hydrogen-bond donors (Lipinski definition) is 1. The van der Waals surface area contributed by atoms with Crippen molar-refractivity contribution in [2.24, 2.45) is 5.92 Å². The number of hydrogen-bond acceptors (Lipinski definition) is 2. The summed E-state index contributed by atoms with van der Waals surface area (Å²) in [5.41, 5.74) is 0.151. The predicted octanol–water partition coefficient (Wildman–Crippen LogP) is 3.89. The summed E-state index contributed by atoms with van der Waals surface area (Å²) >= 11 is 0. The van der Waals surface area contributed by atoms with Crippen LogP contribution in [0.15, 0.2) is 0 Å². The Balaban J connectivity index is 2.12. The van der Waals surface area contributed by atoms with Gasteiger partial charge < -0.3 is 10.1 Å². The topological polar surface area (TPSA) is 21.3 Å². The van der Waals surface area contributed by atoms with E-state index in [1.807, 2.05) is 0 Å². The average molecular weight is 253 g/mol. The van der Waals surface area contributed by atoms with Crippen molar-refractivity contribution in [2.45, 2.75) is 83.3 Å². The Morgan fingerprint density at radius 2 is 1.72 bits per heavy atom. The first-order valence-electron chi connectivity index (χ1n) is 8.19. The van der Waals surface area contributed by atoms with Gasteiger partial charge in [0.05, 0.1) is 5.60 Å². The fourth-order valence-corrected chi connectivity index (χ4v) is 4.28. The van der Waals surface area contributed by atoms with Crippen LogP contribution >= 0.6 is 0 Å². The largest absolute Gasteiger partial charge is 0.374 e. The average Bonchev–Trinajstić information content (AvgIpc) is 2.91. The van der Waals surface area contributed by atoms with Crippen LogP contribution in [0.25, 0.3) is 0 Å². The molecular weight excluding hydrogens is 222 g/mol. The molecule has 0 aliphatic heterocycles. The highest BCUT2D eigenvalue weighted by molar-refractivity contribution is 4.99. The van der Waals surface area contributed by atoms with Gasteiger partial charge in [-0.25, -0.2) is 0 Å². The maximum Gasteiger partial charge on any atom is 0.0837 e. The van der Waals surface area contributed by atoms with Crippen molar-refractivity contribution in [3.63, 3.8) is 0 Å². The molecule has 1 N–H and O–H groups in total. The number of nitrogens with one attached hydrogen (secondary N) is 1. The highest BCUT2D eigenvalue weighted by atomic mass is 16.5. The third-order valence-corrected chi connectivity index (χ3v) is 4.99. The molecule has 2 heteroatoms. The summed E-state index contributed by atoms with van der Waals surface area (Å²) in [6, 6.07) is 0.602. The fourth-order valence-electron chi connectivity index (χ4n) is 4.28. The van der Waals surface area contributed by atoms with Gasteiger partial charge in [0.15, 0.2) is 0 Å². The Morgan fingerprint density at radius 1 is 1.06 bits per heavy atom. The van der Waals surface area contributed by atoms with Crippen LogP contribution in [-0.2, 0) is 4.74 Å². The molecule has 1 atom stereocenters. The van der Waals surface area contributed by atoms with Gasteiger partial charge in [0.25, 0.3) is 0 Å². The summed E-state index contributed by atoms with van der Waals surface area (Å²) in [6.45, 7) is 6.35. The molecule has 0 spiro atoms. The summed E-state index contributed by atoms with van der Waals surface area (Å²) in [4.78, 5) is 0. The lowest BCUT2D eigenvalue weighted by molar-refractivity contribution is -0.102. The second-order valence-corrected chi connectivity index (χ2v) is 6.14. The molecule has 0 amide bonds. The molecule has 0 saturated heterocycles. The molecule has 1 unspecified atom stereocenters. The maximum absolute atomic E-state index is 6.34. The van der Waals surface area contributed by atoms with Crippen LogP contribution in [0, 0.1) is 5.92 Å². The molecule has 0 aromatic carbocycles. The van der Waals surface area contributed by atoms with E-state index < -0.39 is 0 Å². The zero-order valence-corrected chi connectivity index (χ0v) is 12.3. The van der Waals surface area contributed by atoms with Gasteiger partial charge in [0.1, 0.15) is 0 Å². The Labute approximate surface area is 113 Å². The molecule has 2 rings (SSSR count). The Bertz CT molecular complexity index is 224. The van der Waals surface area contributed by atoms with Gasteiger partial charge in [0, 0.05) is 12.6 Å². The standard InChI is InChI=1S/C16H31NO/c1-3-17-15(14-10-6-7-11-14)16(18-4-2)12-8-5-9-13-16/h14-15,17H,3-13H2,1-2H3. The lowest BCUT2D eigenvalue weighted by Gasteiger charge is -2.46. The van der Waals surface area contributed by atoms with Gasteiger partial charge in [-0.2, -0.15) is 0 Å². The monoisotopic (exact) mass is 253 g/mol. The van der Waals surface area contributed by atoms with Crippen molar-refractivity contribution in [2.75, 3.05) is 13.2 Å². The van der Waals surface area contributed by atoms with E-state index in [0.29, 0.717) is 6.04 Å². The molecule has 2 fully saturated rings. The minimum absolute atomic E-state index is 0.151. The van der Waals surface area contributed by atoms with Gasteiger partial charge in [-0.3, -0.25) is 0 Å². The zero-order chi connectivity index (χ0) is 12.8. The summed E-state index contributed by atoms with van der Waals surface area (Å²) in [5, 5.41) is 3.79. The minimum Gasteiger partial charge on any atom is -0.374 e. The smallest absolute Gasteiger partial charge is 0.0837 e. The van der Waals surface area contributed by atoms with Crippen molar-refractivity contribution in [3.05, 3.63) is 0 Å². The molecule has 0 aromatic heterocycles. The van der Waals surface area contributed by atoms with Crippen molar-refractivity contribution in [1.29, 1.82) is 0 Å². The Kier molecular flexibility index (Phi) is 5.50. The molecule has 2 saturated carbocycles. The Morgan fingerprint density at radius 3 is 2.28 bits per heavy atom. The van der Waals surface area contributed by atoms with Gasteiger partial charge in [-0.05, 0) is 45.1 Å². The van der Waals surface area contributed by atoms with E-state index in [2.05, 4.69) is 19.2 Å². The quantitative estimate of drug-likeness (QED) is 0.775. The first kappa shape index (κ1) is 14.3. The first-order chi connectivity index (χ1) is 8.82. The summed E-state index contributed by atoms with van der Waals surface area (Å²) < 4.78 is 6.34. The molecule has 2 nitrogen and oxygen atoms in total. The van der Waals surface area contributed by atoms with Crippen molar-refractivity contribution in [3.8, 4) is 0 Å². The summed E-state index contributed by atoms with van der Waals surface area (Å²) in [7, 11) is 0. The summed E-state index contributed by atoms with van der Waals surface area (Å²) in [6.07, 6.45) is 12.3. The van der Waals surface area contributed by atoms with Crippen LogP contribution in [0.1, 0.15) is 71.6 Å². The van der Waals surface area contributed by atoms with Gasteiger partial charge in [-0.1, -0.05) is 39.0 Å². The highest BCUT2D eigenvalue weighted by Crippen LogP contribution is 2.41. The highest BCUT2D eigenvalue weighted by Gasteiger charge is 2.44. The molecule has 0 aromatic rings. The van der Waals surface area contributed by atoms with Crippen LogP contribution < -0.4 is 5.32 Å². The second kappa shape index (κ2) is 6.91. The van der Waals surface area contributed by atoms with E-state index in [4.69, 9.17) is 4.74 Å². The van der Waals surface area contributed by atoms with Crippen LogP contribution in [0.5, 0.6) is 0 Å². The molecular formula is C16H31NO. The van der Waals surface area contributed by atoms with Gasteiger partial charge in [0.2, 0.25) is 0 Å². The van der Waals surface area contributed by atoms with Gasteiger partial charge >= 0.3 is 0 Å². The summed E-state index contributed by atoms with van der Waals surface area (Å²) in [5.74, 6) is 0.856. The number of rotatable bonds is 6. The molecule has 2 aliphatic rings. The number of likely N-dealkylation sites (N-methyl/N-ethyl adjacent to an activating group) is 1. The Hall–Kier alpha value is -0.0800. The molecule has 0 heterocycles. The molecule has 18 heavy (non-hydrogen) atoms. The van der Waals surface area contributed by atoms with Crippen LogP contribution in [0.2, 0.25) is 0 Å². The van der Waals surface area contributed by atoms with Crippen LogP contribution in [0.4, 0.5) is 0 Å². The molecule has 0 bridgehead atoms. The predicted molar refractivity (Wildman–Crippen MR) is 76.9 cm³/mol. The van der Waals surface area contributed by atoms with E-state index in [9.17, 15) is 0 Å². The third-order valence-electron chi connectivity index (χ3n) is 4.99. The minimum atomic E-state index is 0.151. The molecule has 106 valence electrons. The lowest BCUT2D eigenvalue weighted by Crippen LogP contribution is -2.56. The molecule has 2 aliphatic carbocycles. The van der Waals surface area contributed by atoms with E-state index in [0.717, 1.165) is 19.1 Å². The second-order valence-electron chi connectivity index (χ2n) is 6.14. The van der Waals surface area contributed by atoms with E-state index in [1.54, 1.807) is 0 Å². The number of ether oxygens (including phenoxy) is 1. The molecule has 0 radical (unpaired) electrons. The SMILES string of the molecule is CCNC(C1CCCC1)C1(OCC)CCCCC1. The first-order valence-corrected chi connectivity index (χ1v) is 8.19. The maximum atomic E-state index is 6.34. The van der Waals surface area contributed by atoms with E-state index >= 15 is 0 Å². The van der Waals surface area contributed by atoms with E-state index in [-0.39, 0.29) is 5.60 Å². The van der Waals surface area contributed by atoms with Crippen molar-refractivity contribution < 1.29 is 4.74 Å². The van der Waals surface area contributed by atoms with E-state index in [1.165, 1.54) is 57.8 Å².